The summed E-state index contributed by atoms with van der Waals surface area (Å²) in [5.41, 5.74) is 3.30. The van der Waals surface area contributed by atoms with Gasteiger partial charge in [0.25, 0.3) is 11.1 Å². The molecule has 0 spiro atoms. The number of carbonyl (C=O) groups excluding carboxylic acids is 2. The first-order valence-electron chi connectivity index (χ1n) is 11.4. The molecular weight excluding hydrogens is 469 g/mol. The summed E-state index contributed by atoms with van der Waals surface area (Å²) in [6, 6.07) is 8.99. The molecule has 2 aliphatic rings. The Labute approximate surface area is 205 Å². The van der Waals surface area contributed by atoms with Gasteiger partial charge in [-0.2, -0.15) is 0 Å². The van der Waals surface area contributed by atoms with Crippen LogP contribution >= 0.6 is 11.8 Å². The Morgan fingerprint density at radius 1 is 1.14 bits per heavy atom. The van der Waals surface area contributed by atoms with E-state index in [-0.39, 0.29) is 17.1 Å². The highest BCUT2D eigenvalue weighted by molar-refractivity contribution is 8.18. The minimum Gasteiger partial charge on any atom is -0.472 e. The van der Waals surface area contributed by atoms with Crippen LogP contribution in [0.1, 0.15) is 36.9 Å². The normalized spacial score (nSPS) is 21.3. The largest absolute Gasteiger partial charge is 0.472 e. The van der Waals surface area contributed by atoms with Gasteiger partial charge in [-0.25, -0.2) is 14.4 Å². The average molecular weight is 494 g/mol. The maximum Gasteiger partial charge on any atom is 0.290 e. The van der Waals surface area contributed by atoms with Crippen molar-refractivity contribution in [1.29, 1.82) is 0 Å². The number of halogens is 1. The summed E-state index contributed by atoms with van der Waals surface area (Å²) >= 11 is 0.864. The number of nitrogens with zero attached hydrogens (tertiary/aromatic N) is 2. The van der Waals surface area contributed by atoms with Gasteiger partial charge in [-0.3, -0.25) is 14.9 Å². The van der Waals surface area contributed by atoms with Crippen LogP contribution in [0.15, 0.2) is 58.4 Å². The Bertz CT molecular complexity index is 1260. The lowest BCUT2D eigenvalue weighted by atomic mass is 9.91. The Morgan fingerprint density at radius 3 is 2.71 bits per heavy atom. The quantitative estimate of drug-likeness (QED) is 0.406. The second-order valence-corrected chi connectivity index (χ2v) is 9.56. The second kappa shape index (κ2) is 10.4. The molecule has 1 saturated heterocycles. The molecule has 3 aromatic rings. The molecule has 1 saturated carbocycles. The van der Waals surface area contributed by atoms with Gasteiger partial charge in [0.1, 0.15) is 5.82 Å². The summed E-state index contributed by atoms with van der Waals surface area (Å²) in [7, 11) is 0. The maximum atomic E-state index is 13.8. The number of aromatic nitrogens is 2. The van der Waals surface area contributed by atoms with Crippen molar-refractivity contribution >= 4 is 34.9 Å². The van der Waals surface area contributed by atoms with Crippen molar-refractivity contribution in [3.63, 3.8) is 0 Å². The van der Waals surface area contributed by atoms with Crippen LogP contribution < -0.4 is 16.0 Å². The van der Waals surface area contributed by atoms with Gasteiger partial charge in [-0.05, 0) is 78.9 Å². The molecule has 0 atom stereocenters. The first-order chi connectivity index (χ1) is 17.0. The third-order valence-corrected chi connectivity index (χ3v) is 6.95. The van der Waals surface area contributed by atoms with Crippen LogP contribution in [-0.2, 0) is 11.3 Å². The Hall–Kier alpha value is -3.50. The van der Waals surface area contributed by atoms with Crippen molar-refractivity contribution in [2.75, 3.05) is 5.32 Å². The summed E-state index contributed by atoms with van der Waals surface area (Å²) in [4.78, 5) is 32.2. The van der Waals surface area contributed by atoms with Gasteiger partial charge in [0.15, 0.2) is 0 Å². The van der Waals surface area contributed by atoms with Gasteiger partial charge < -0.3 is 15.1 Å². The van der Waals surface area contributed by atoms with Gasteiger partial charge in [-0.15, -0.1) is 0 Å². The number of carbonyl (C=O) groups is 2. The van der Waals surface area contributed by atoms with Crippen molar-refractivity contribution in [3.8, 4) is 11.1 Å². The van der Waals surface area contributed by atoms with E-state index >= 15 is 0 Å². The summed E-state index contributed by atoms with van der Waals surface area (Å²) in [6.07, 6.45) is 10.3. The fourth-order valence-electron chi connectivity index (χ4n) is 4.35. The summed E-state index contributed by atoms with van der Waals surface area (Å²) in [6.45, 7) is 0.650. The average Bonchev–Trinajstić information content (AvgIpc) is 3.49. The zero-order valence-electron chi connectivity index (χ0n) is 18.8. The number of thioether (sulfide) groups is 1. The van der Waals surface area contributed by atoms with E-state index in [1.807, 2.05) is 12.1 Å². The molecule has 0 radical (unpaired) electrons. The zero-order chi connectivity index (χ0) is 24.2. The molecule has 1 aliphatic carbocycles. The van der Waals surface area contributed by atoms with E-state index in [1.165, 1.54) is 6.07 Å². The molecule has 3 N–H and O–H groups in total. The molecule has 0 bridgehead atoms. The number of hydrogen-bond donors (Lipinski definition) is 3. The fraction of sp³-hybridized carbons (Fsp3) is 0.280. The fourth-order valence-corrected chi connectivity index (χ4v) is 5.01. The monoisotopic (exact) mass is 493 g/mol. The molecule has 5 rings (SSSR count). The van der Waals surface area contributed by atoms with Crippen LogP contribution in [0.5, 0.6) is 0 Å². The van der Waals surface area contributed by atoms with Crippen molar-refractivity contribution in [1.82, 2.24) is 20.6 Å². The lowest BCUT2D eigenvalue weighted by molar-refractivity contribution is -0.115. The van der Waals surface area contributed by atoms with Crippen LogP contribution in [0, 0.1) is 5.82 Å². The van der Waals surface area contributed by atoms with Gasteiger partial charge in [0.2, 0.25) is 5.95 Å². The molecule has 2 fully saturated rings. The third-order valence-electron chi connectivity index (χ3n) is 6.14. The number of benzene rings is 1. The summed E-state index contributed by atoms with van der Waals surface area (Å²) in [5.74, 6) is -0.171. The molecule has 180 valence electrons. The van der Waals surface area contributed by atoms with E-state index in [0.29, 0.717) is 29.1 Å². The smallest absolute Gasteiger partial charge is 0.290 e. The van der Waals surface area contributed by atoms with E-state index in [1.54, 1.807) is 36.9 Å². The van der Waals surface area contributed by atoms with E-state index in [2.05, 4.69) is 25.9 Å². The van der Waals surface area contributed by atoms with E-state index in [0.717, 1.165) is 54.1 Å². The second-order valence-electron chi connectivity index (χ2n) is 8.54. The minimum atomic E-state index is -0.406. The molecule has 8 nitrogen and oxygen atoms in total. The molecule has 2 amide bonds. The third kappa shape index (κ3) is 5.77. The first-order valence-corrected chi connectivity index (χ1v) is 12.2. The van der Waals surface area contributed by atoms with Crippen molar-refractivity contribution < 1.29 is 18.4 Å². The van der Waals surface area contributed by atoms with E-state index in [4.69, 9.17) is 4.42 Å². The van der Waals surface area contributed by atoms with Crippen molar-refractivity contribution in [2.24, 2.45) is 0 Å². The molecular formula is C25H24FN5O3S. The molecule has 35 heavy (non-hydrogen) atoms. The number of anilines is 1. The predicted octanol–water partition coefficient (Wildman–Crippen LogP) is 4.71. The Morgan fingerprint density at radius 2 is 1.97 bits per heavy atom. The predicted molar refractivity (Wildman–Crippen MR) is 132 cm³/mol. The van der Waals surface area contributed by atoms with Crippen LogP contribution in [0.25, 0.3) is 17.2 Å². The van der Waals surface area contributed by atoms with Gasteiger partial charge >= 0.3 is 0 Å². The molecule has 3 heterocycles. The van der Waals surface area contributed by atoms with E-state index < -0.39 is 5.91 Å². The number of nitrogens with one attached hydrogen (secondary N) is 3. The minimum absolute atomic E-state index is 0.244. The van der Waals surface area contributed by atoms with Crippen LogP contribution in [0.4, 0.5) is 15.1 Å². The topological polar surface area (TPSA) is 109 Å². The molecule has 1 aromatic carbocycles. The summed E-state index contributed by atoms with van der Waals surface area (Å²) < 4.78 is 19.0. The molecule has 1 aliphatic heterocycles. The molecule has 10 heteroatoms. The SMILES string of the molecule is O=C1NC(=O)/C(=C/c2ccnc(N[C@H]3CC[C@H](NCc4ccc(F)cc4-c4ccoc4)CC3)n2)S1. The van der Waals surface area contributed by atoms with Gasteiger partial charge in [0.05, 0.1) is 23.1 Å². The van der Waals surface area contributed by atoms with Gasteiger partial charge in [-0.1, -0.05) is 6.07 Å². The Kier molecular flexibility index (Phi) is 6.91. The van der Waals surface area contributed by atoms with Crippen LogP contribution in [-0.4, -0.2) is 33.2 Å². The number of hydrogen-bond acceptors (Lipinski definition) is 8. The molecule has 2 aromatic heterocycles. The van der Waals surface area contributed by atoms with Crippen molar-refractivity contribution in [2.45, 2.75) is 44.3 Å². The van der Waals surface area contributed by atoms with Crippen LogP contribution in [0.2, 0.25) is 0 Å². The van der Waals surface area contributed by atoms with Crippen LogP contribution in [0.3, 0.4) is 0 Å². The highest BCUT2D eigenvalue weighted by Crippen LogP contribution is 2.27. The first kappa shape index (κ1) is 23.3. The Balaban J connectivity index is 1.14. The summed E-state index contributed by atoms with van der Waals surface area (Å²) in [5, 5.41) is 8.86. The number of imide groups is 1. The van der Waals surface area contributed by atoms with Crippen molar-refractivity contribution in [3.05, 3.63) is 71.0 Å². The van der Waals surface area contributed by atoms with E-state index in [9.17, 15) is 14.0 Å². The number of rotatable bonds is 7. The molecule has 0 unspecified atom stereocenters. The number of amides is 2. The standard InChI is InChI=1S/C25H24FN5O3S/c26-17-2-1-15(21(11-17)16-8-10-34-14-16)13-28-18-3-5-19(6-4-18)29-24-27-9-7-20(30-24)12-22-23(32)31-25(33)35-22/h1-2,7-12,14,18-19,28H,3-6,13H2,(H,27,29,30)(H,31,32,33)/b22-12-/t18-,19-. The lowest BCUT2D eigenvalue weighted by Gasteiger charge is -2.30. The zero-order valence-corrected chi connectivity index (χ0v) is 19.6. The number of furan rings is 1. The maximum absolute atomic E-state index is 13.8. The highest BCUT2D eigenvalue weighted by atomic mass is 32.2. The lowest BCUT2D eigenvalue weighted by Crippen LogP contribution is -2.37. The van der Waals surface area contributed by atoms with Gasteiger partial charge in [0, 0.05) is 30.4 Å². The highest BCUT2D eigenvalue weighted by Gasteiger charge is 2.25.